The summed E-state index contributed by atoms with van der Waals surface area (Å²) in [7, 11) is 0. The molecule has 6 heteroatoms. The van der Waals surface area contributed by atoms with Crippen molar-refractivity contribution in [3.63, 3.8) is 0 Å². The molecule has 0 nitrogen and oxygen atoms in total. The van der Waals surface area contributed by atoms with Crippen LogP contribution in [0.5, 0.6) is 0 Å². The highest BCUT2D eigenvalue weighted by atomic mass is 19.2. The summed E-state index contributed by atoms with van der Waals surface area (Å²) in [6, 6.07) is 19.1. The minimum Gasteiger partial charge on any atom is -0.207 e. The van der Waals surface area contributed by atoms with E-state index in [0.29, 0.717) is 11.1 Å². The third-order valence-corrected chi connectivity index (χ3v) is 4.73. The molecule has 0 radical (unpaired) electrons. The van der Waals surface area contributed by atoms with Crippen LogP contribution in [0.1, 0.15) is 27.8 Å². The van der Waals surface area contributed by atoms with Crippen molar-refractivity contribution in [2.75, 3.05) is 0 Å². The molecule has 4 aromatic carbocycles. The molecule has 0 aliphatic rings. The molecule has 0 aromatic heterocycles. The van der Waals surface area contributed by atoms with Crippen LogP contribution < -0.4 is 0 Å². The lowest BCUT2D eigenvalue weighted by molar-refractivity contribution is 0.568. The molecule has 186 valence electrons. The molecule has 0 saturated heterocycles. The summed E-state index contributed by atoms with van der Waals surface area (Å²) in [5.74, 6) is -2.26. The van der Waals surface area contributed by atoms with Gasteiger partial charge in [-0.3, -0.25) is 0 Å². The van der Waals surface area contributed by atoms with Gasteiger partial charge in [-0.1, -0.05) is 48.0 Å². The molecule has 0 atom stereocenters. The maximum absolute atomic E-state index is 12.5. The van der Waals surface area contributed by atoms with Gasteiger partial charge in [-0.15, -0.1) is 0 Å². The van der Waals surface area contributed by atoms with Gasteiger partial charge in [0.2, 0.25) is 0 Å². The zero-order chi connectivity index (χ0) is 26.5. The number of halogens is 6. The Morgan fingerprint density at radius 1 is 0.400 bits per heavy atom. The van der Waals surface area contributed by atoms with Crippen molar-refractivity contribution in [2.45, 2.75) is 34.6 Å². The summed E-state index contributed by atoms with van der Waals surface area (Å²) in [5, 5.41) is 0. The van der Waals surface area contributed by atoms with E-state index in [-0.39, 0.29) is 17.2 Å². The lowest BCUT2D eigenvalue weighted by Crippen LogP contribution is -1.85. The Bertz CT molecular complexity index is 1130. The first kappa shape index (κ1) is 29.5. The largest absolute Gasteiger partial charge is 0.207 e. The zero-order valence-corrected chi connectivity index (χ0v) is 20.3. The van der Waals surface area contributed by atoms with Gasteiger partial charge in [0.15, 0.2) is 0 Å². The lowest BCUT2D eigenvalue weighted by Gasteiger charge is -1.95. The fraction of sp³-hybridized carbons (Fsp3) is 0.172. The fourth-order valence-corrected chi connectivity index (χ4v) is 2.49. The van der Waals surface area contributed by atoms with Crippen molar-refractivity contribution in [1.29, 1.82) is 0 Å². The van der Waals surface area contributed by atoms with Gasteiger partial charge in [0, 0.05) is 11.6 Å². The topological polar surface area (TPSA) is 0 Å². The molecule has 0 aliphatic carbocycles. The van der Waals surface area contributed by atoms with E-state index in [4.69, 9.17) is 0 Å². The number of hydrogen-bond donors (Lipinski definition) is 0. The van der Waals surface area contributed by atoms with Gasteiger partial charge in [-0.25, -0.2) is 26.3 Å². The Morgan fingerprint density at radius 3 is 1.31 bits per heavy atom. The van der Waals surface area contributed by atoms with Gasteiger partial charge < -0.3 is 0 Å². The molecule has 0 amide bonds. The highest BCUT2D eigenvalue weighted by Crippen LogP contribution is 2.09. The predicted molar refractivity (Wildman–Crippen MR) is 129 cm³/mol. The summed E-state index contributed by atoms with van der Waals surface area (Å²) >= 11 is 0. The number of benzene rings is 4. The summed E-state index contributed by atoms with van der Waals surface area (Å²) in [4.78, 5) is 0. The second-order valence-electron chi connectivity index (χ2n) is 7.74. The number of hydrogen-bond acceptors (Lipinski definition) is 0. The van der Waals surface area contributed by atoms with Gasteiger partial charge in [-0.05, 0) is 81.6 Å². The first-order chi connectivity index (χ1) is 16.4. The van der Waals surface area contributed by atoms with Crippen LogP contribution in [0, 0.1) is 69.5 Å². The second-order valence-corrected chi connectivity index (χ2v) is 7.74. The molecule has 0 N–H and O–H groups in total. The van der Waals surface area contributed by atoms with Crippen molar-refractivity contribution in [3.8, 4) is 0 Å². The van der Waals surface area contributed by atoms with Crippen LogP contribution in [0.2, 0.25) is 0 Å². The lowest BCUT2D eigenvalue weighted by atomic mass is 10.1. The van der Waals surface area contributed by atoms with Crippen LogP contribution >= 0.6 is 0 Å². The SMILES string of the molecule is Cc1c(F)cccc1F.Cc1ccc(F)c(C)c1.Cc1ccc(F)cc1F.Cc1ccccc1F. The first-order valence-electron chi connectivity index (χ1n) is 10.7. The van der Waals surface area contributed by atoms with E-state index in [2.05, 4.69) is 0 Å². The standard InChI is InChI=1S/C8H9F.2C7H6F2.C7H7F/c1-6-3-4-8(9)7(2)5-6;1-5-2-3-6(8)4-7(5)9;1-5-6(8)3-2-4-7(5)9;1-6-4-2-3-5-7(6)8/h3-5H,1-2H3;2*2-4H,1H3;2-5H,1H3. The number of rotatable bonds is 0. The second kappa shape index (κ2) is 14.7. The van der Waals surface area contributed by atoms with Gasteiger partial charge in [0.25, 0.3) is 0 Å². The molecule has 4 aromatic rings. The van der Waals surface area contributed by atoms with Gasteiger partial charge in [-0.2, -0.15) is 0 Å². The Morgan fingerprint density at radius 2 is 0.914 bits per heavy atom. The quantitative estimate of drug-likeness (QED) is 0.216. The minimum absolute atomic E-state index is 0.0810. The highest BCUT2D eigenvalue weighted by Gasteiger charge is 1.99. The predicted octanol–water partition coefficient (Wildman–Crippen LogP) is 9.12. The monoisotopic (exact) mass is 490 g/mol. The summed E-state index contributed by atoms with van der Waals surface area (Å²) in [6.07, 6.45) is 0. The van der Waals surface area contributed by atoms with E-state index in [1.807, 2.05) is 19.1 Å². The molecule has 0 spiro atoms. The Balaban J connectivity index is 0.000000234. The van der Waals surface area contributed by atoms with Crippen molar-refractivity contribution in [1.82, 2.24) is 0 Å². The molecular formula is C29H28F6. The van der Waals surface area contributed by atoms with Crippen LogP contribution in [0.25, 0.3) is 0 Å². The third kappa shape index (κ3) is 11.0. The highest BCUT2D eigenvalue weighted by molar-refractivity contribution is 5.22. The van der Waals surface area contributed by atoms with Crippen molar-refractivity contribution >= 4 is 0 Å². The molecular weight excluding hydrogens is 462 g/mol. The summed E-state index contributed by atoms with van der Waals surface area (Å²) < 4.78 is 73.9. The summed E-state index contributed by atoms with van der Waals surface area (Å²) in [5.41, 5.74) is 3.07. The maximum Gasteiger partial charge on any atom is 0.129 e. The van der Waals surface area contributed by atoms with Crippen LogP contribution in [0.3, 0.4) is 0 Å². The van der Waals surface area contributed by atoms with Crippen LogP contribution in [-0.2, 0) is 0 Å². The number of aryl methyl sites for hydroxylation is 4. The van der Waals surface area contributed by atoms with E-state index < -0.39 is 23.3 Å². The van der Waals surface area contributed by atoms with Crippen LogP contribution in [0.4, 0.5) is 26.3 Å². The first-order valence-corrected chi connectivity index (χ1v) is 10.7. The normalized spacial score (nSPS) is 9.57. The molecule has 0 bridgehead atoms. The van der Waals surface area contributed by atoms with Crippen molar-refractivity contribution in [2.24, 2.45) is 0 Å². The van der Waals surface area contributed by atoms with Gasteiger partial charge >= 0.3 is 0 Å². The Labute approximate surface area is 202 Å². The maximum atomic E-state index is 12.5. The molecule has 35 heavy (non-hydrogen) atoms. The van der Waals surface area contributed by atoms with Gasteiger partial charge in [0.1, 0.15) is 34.9 Å². The molecule has 4 rings (SSSR count). The van der Waals surface area contributed by atoms with E-state index in [1.165, 1.54) is 49.4 Å². The van der Waals surface area contributed by atoms with Crippen molar-refractivity contribution in [3.05, 3.63) is 142 Å². The van der Waals surface area contributed by atoms with E-state index >= 15 is 0 Å². The molecule has 0 saturated carbocycles. The van der Waals surface area contributed by atoms with Crippen molar-refractivity contribution < 1.29 is 26.3 Å². The fourth-order valence-electron chi connectivity index (χ4n) is 2.49. The average molecular weight is 491 g/mol. The Hall–Kier alpha value is -3.54. The van der Waals surface area contributed by atoms with Gasteiger partial charge in [0.05, 0.1) is 0 Å². The summed E-state index contributed by atoms with van der Waals surface area (Å²) in [6.45, 7) is 8.46. The molecule has 0 fully saturated rings. The minimum atomic E-state index is -0.530. The van der Waals surface area contributed by atoms with E-state index in [1.54, 1.807) is 39.0 Å². The van der Waals surface area contributed by atoms with E-state index in [0.717, 1.165) is 17.2 Å². The van der Waals surface area contributed by atoms with Crippen LogP contribution in [-0.4, -0.2) is 0 Å². The molecule has 0 heterocycles. The van der Waals surface area contributed by atoms with E-state index in [9.17, 15) is 26.3 Å². The molecule has 0 aliphatic heterocycles. The Kier molecular flexibility index (Phi) is 12.4. The zero-order valence-electron chi connectivity index (χ0n) is 20.3. The third-order valence-electron chi connectivity index (χ3n) is 4.73. The molecule has 0 unspecified atom stereocenters. The average Bonchev–Trinajstić information content (AvgIpc) is 2.81. The smallest absolute Gasteiger partial charge is 0.129 e. The van der Waals surface area contributed by atoms with Crippen LogP contribution in [0.15, 0.2) is 78.9 Å².